The molecule has 1 aromatic heterocycles. The van der Waals surface area contributed by atoms with E-state index in [1.165, 1.54) is 0 Å². The smallest absolute Gasteiger partial charge is 0.326 e. The number of nitrogens with two attached hydrogens (primary N) is 1. The van der Waals surface area contributed by atoms with E-state index in [4.69, 9.17) is 17.0 Å². The maximum Gasteiger partial charge on any atom is 0.326 e. The molecule has 1 saturated carbocycles. The van der Waals surface area contributed by atoms with Crippen LogP contribution in [0, 0.1) is 17.9 Å². The van der Waals surface area contributed by atoms with Crippen LogP contribution in [-0.4, -0.2) is 36.1 Å². The van der Waals surface area contributed by atoms with Gasteiger partial charge in [-0.1, -0.05) is 42.1 Å². The summed E-state index contributed by atoms with van der Waals surface area (Å²) in [5, 5.41) is 9.56. The number of aromatic nitrogens is 1. The summed E-state index contributed by atoms with van der Waals surface area (Å²) in [5.74, 6) is -0.676. The highest BCUT2D eigenvalue weighted by molar-refractivity contribution is 8.00. The molecule has 0 spiro atoms. The van der Waals surface area contributed by atoms with Gasteiger partial charge < -0.3 is 15.4 Å². The number of rotatable bonds is 8. The van der Waals surface area contributed by atoms with Crippen LogP contribution in [0.25, 0.3) is 4.85 Å². The number of primary amides is 1. The first-order chi connectivity index (χ1) is 16.1. The first-order valence-corrected chi connectivity index (χ1v) is 11.7. The lowest BCUT2D eigenvalue weighted by Crippen LogP contribution is -2.33. The minimum Gasteiger partial charge on any atom is -0.459 e. The van der Waals surface area contributed by atoms with Crippen LogP contribution in [0.1, 0.15) is 61.5 Å². The number of amides is 1. The maximum atomic E-state index is 12.4. The van der Waals surface area contributed by atoms with E-state index in [-0.39, 0.29) is 29.5 Å². The topological polar surface area (TPSA) is 114 Å². The van der Waals surface area contributed by atoms with Crippen molar-refractivity contribution >= 4 is 35.1 Å². The third-order valence-corrected chi connectivity index (χ3v) is 6.36. The Kier molecular flexibility index (Phi) is 7.48. The van der Waals surface area contributed by atoms with Gasteiger partial charge in [0.15, 0.2) is 0 Å². The zero-order valence-corrected chi connectivity index (χ0v) is 20.5. The Bertz CT molecular complexity index is 1170. The van der Waals surface area contributed by atoms with Gasteiger partial charge in [-0.05, 0) is 50.7 Å². The van der Waals surface area contributed by atoms with Gasteiger partial charge >= 0.3 is 5.97 Å². The molecule has 1 unspecified atom stereocenters. The van der Waals surface area contributed by atoms with Crippen LogP contribution in [0.3, 0.4) is 0 Å². The average molecular weight is 478 g/mol. The fourth-order valence-corrected chi connectivity index (χ4v) is 4.62. The van der Waals surface area contributed by atoms with Crippen molar-refractivity contribution in [3.8, 4) is 6.07 Å². The summed E-state index contributed by atoms with van der Waals surface area (Å²) in [7, 11) is 1.65. The molecule has 0 bridgehead atoms. The van der Waals surface area contributed by atoms with Crippen molar-refractivity contribution in [1.82, 2.24) is 4.98 Å². The molecule has 0 aliphatic heterocycles. The number of ether oxygens (including phenoxy) is 1. The minimum atomic E-state index is -0.768. The minimum absolute atomic E-state index is 0.0681. The summed E-state index contributed by atoms with van der Waals surface area (Å²) >= 11 is 1.09. The Balaban J connectivity index is 2.09. The maximum absolute atomic E-state index is 12.4. The monoisotopic (exact) mass is 477 g/mol. The number of hydrogen-bond donors (Lipinski definition) is 1. The third-order valence-electron chi connectivity index (χ3n) is 5.10. The van der Waals surface area contributed by atoms with Crippen molar-refractivity contribution in [2.75, 3.05) is 18.5 Å². The number of nitrogens with zero attached hydrogens (tertiary/aromatic N) is 4. The number of likely N-dealkylation sites (N-methyl/N-ethyl adjacent to an activating group) is 1. The van der Waals surface area contributed by atoms with E-state index >= 15 is 0 Å². The molecule has 2 N–H and O–H groups in total. The van der Waals surface area contributed by atoms with Crippen LogP contribution in [0.4, 0.5) is 11.5 Å². The van der Waals surface area contributed by atoms with Crippen molar-refractivity contribution in [2.45, 2.75) is 55.4 Å². The fourth-order valence-electron chi connectivity index (χ4n) is 3.57. The Labute approximate surface area is 203 Å². The predicted octanol–water partition coefficient (Wildman–Crippen LogP) is 4.48. The molecule has 3 rings (SSSR count). The van der Waals surface area contributed by atoms with Crippen LogP contribution < -0.4 is 10.6 Å². The van der Waals surface area contributed by atoms with Crippen molar-refractivity contribution < 1.29 is 14.3 Å². The lowest BCUT2D eigenvalue weighted by Gasteiger charge is -2.25. The number of thioether (sulfide) groups is 1. The van der Waals surface area contributed by atoms with Gasteiger partial charge in [0.05, 0.1) is 12.1 Å². The van der Waals surface area contributed by atoms with Gasteiger partial charge in [-0.3, -0.25) is 9.59 Å². The molecule has 1 aromatic carbocycles. The van der Waals surface area contributed by atoms with Gasteiger partial charge in [-0.2, -0.15) is 5.26 Å². The summed E-state index contributed by atoms with van der Waals surface area (Å²) < 4.78 is 5.42. The van der Waals surface area contributed by atoms with Crippen LogP contribution in [0.5, 0.6) is 0 Å². The Morgan fingerprint density at radius 3 is 2.50 bits per heavy atom. The number of carbonyl (C=O) groups excluding carboxylic acids is 2. The van der Waals surface area contributed by atoms with Crippen LogP contribution in [-0.2, 0) is 14.3 Å². The Morgan fingerprint density at radius 2 is 2.00 bits per heavy atom. The number of pyridine rings is 1. The molecular weight excluding hydrogens is 450 g/mol. The van der Waals surface area contributed by atoms with Gasteiger partial charge in [0.1, 0.15) is 34.3 Å². The van der Waals surface area contributed by atoms with Crippen LogP contribution >= 0.6 is 11.8 Å². The molecule has 1 atom stereocenters. The molecule has 9 heteroatoms. The second kappa shape index (κ2) is 10.1. The quantitative estimate of drug-likeness (QED) is 0.339. The van der Waals surface area contributed by atoms with E-state index in [1.807, 2.05) is 18.2 Å². The summed E-state index contributed by atoms with van der Waals surface area (Å²) in [6.07, 6.45) is 1.72. The Hall–Kier alpha value is -3.56. The lowest BCUT2D eigenvalue weighted by atomic mass is 10.0. The Morgan fingerprint density at radius 1 is 1.35 bits per heavy atom. The van der Waals surface area contributed by atoms with Crippen molar-refractivity contribution in [1.29, 1.82) is 5.26 Å². The molecule has 0 saturated heterocycles. The number of esters is 1. The van der Waals surface area contributed by atoms with Crippen LogP contribution in [0.15, 0.2) is 35.4 Å². The van der Waals surface area contributed by atoms with Crippen molar-refractivity contribution in [3.63, 3.8) is 0 Å². The van der Waals surface area contributed by atoms with Gasteiger partial charge in [0.2, 0.25) is 11.6 Å². The standard InChI is InChI=1S/C25H27N5O3S/c1-25(2,3)33-18(31)14-30(5)23-20(28-4)19(15-11-12-15)17(13-26)24(29-23)34-21(22(27)32)16-9-7-6-8-10-16/h6-10,15,21H,11-12,14H2,1-3,5H3,(H2,27,32). The van der Waals surface area contributed by atoms with E-state index in [1.54, 1.807) is 44.9 Å². The highest BCUT2D eigenvalue weighted by Gasteiger charge is 2.35. The summed E-state index contributed by atoms with van der Waals surface area (Å²) in [6, 6.07) is 11.2. The summed E-state index contributed by atoms with van der Waals surface area (Å²) in [4.78, 5) is 34.6. The highest BCUT2D eigenvalue weighted by Crippen LogP contribution is 2.51. The van der Waals surface area contributed by atoms with E-state index in [0.717, 1.165) is 24.6 Å². The highest BCUT2D eigenvalue weighted by atomic mass is 32.2. The number of nitriles is 1. The number of benzene rings is 1. The summed E-state index contributed by atoms with van der Waals surface area (Å²) in [6.45, 7) is 13.0. The number of hydrogen-bond acceptors (Lipinski definition) is 7. The SMILES string of the molecule is [C-]#[N+]c1c(N(C)CC(=O)OC(C)(C)C)nc(SC(C(N)=O)c2ccccc2)c(C#N)c1C1CC1. The second-order valence-corrected chi connectivity index (χ2v) is 10.2. The number of carbonyl (C=O) groups is 2. The molecule has 1 amide bonds. The van der Waals surface area contributed by atoms with Gasteiger partial charge in [0.25, 0.3) is 0 Å². The molecule has 2 aromatic rings. The zero-order valence-electron chi connectivity index (χ0n) is 19.7. The molecule has 34 heavy (non-hydrogen) atoms. The summed E-state index contributed by atoms with van der Waals surface area (Å²) in [5.41, 5.74) is 6.91. The van der Waals surface area contributed by atoms with E-state index < -0.39 is 22.7 Å². The van der Waals surface area contributed by atoms with Gasteiger partial charge in [-0.25, -0.2) is 9.83 Å². The zero-order chi connectivity index (χ0) is 25.0. The first-order valence-electron chi connectivity index (χ1n) is 10.8. The van der Waals surface area contributed by atoms with Gasteiger partial charge in [0, 0.05) is 7.05 Å². The molecular formula is C25H27N5O3S. The van der Waals surface area contributed by atoms with Crippen molar-refractivity contribution in [2.24, 2.45) is 5.73 Å². The van der Waals surface area contributed by atoms with E-state index in [0.29, 0.717) is 16.2 Å². The average Bonchev–Trinajstić information content (AvgIpc) is 3.60. The molecule has 8 nitrogen and oxygen atoms in total. The van der Waals surface area contributed by atoms with Crippen LogP contribution in [0.2, 0.25) is 0 Å². The molecule has 1 aliphatic carbocycles. The number of anilines is 1. The first kappa shape index (κ1) is 25.1. The van der Waals surface area contributed by atoms with E-state index in [9.17, 15) is 14.9 Å². The molecule has 1 heterocycles. The third kappa shape index (κ3) is 5.86. The molecule has 1 fully saturated rings. The lowest BCUT2D eigenvalue weighted by molar-refractivity contribution is -0.152. The fraction of sp³-hybridized carbons (Fsp3) is 0.400. The van der Waals surface area contributed by atoms with E-state index in [2.05, 4.69) is 15.9 Å². The molecule has 176 valence electrons. The van der Waals surface area contributed by atoms with Crippen molar-refractivity contribution in [3.05, 3.63) is 58.4 Å². The second-order valence-electron chi connectivity index (χ2n) is 9.13. The largest absolute Gasteiger partial charge is 0.459 e. The predicted molar refractivity (Wildman–Crippen MR) is 131 cm³/mol. The molecule has 0 radical (unpaired) electrons. The normalized spacial score (nSPS) is 13.9. The van der Waals surface area contributed by atoms with Gasteiger partial charge in [-0.15, -0.1) is 0 Å². The molecule has 1 aliphatic rings.